The van der Waals surface area contributed by atoms with Gasteiger partial charge in [-0.3, -0.25) is 4.79 Å². The molecule has 0 aliphatic heterocycles. The first-order chi connectivity index (χ1) is 8.56. The van der Waals surface area contributed by atoms with Gasteiger partial charge in [0.2, 0.25) is 0 Å². The second-order valence-electron chi connectivity index (χ2n) is 3.63. The molecule has 0 aromatic carbocycles. The van der Waals surface area contributed by atoms with E-state index < -0.39 is 12.0 Å². The van der Waals surface area contributed by atoms with Crippen LogP contribution in [0.15, 0.2) is 10.8 Å². The van der Waals surface area contributed by atoms with E-state index in [1.54, 1.807) is 16.7 Å². The van der Waals surface area contributed by atoms with Gasteiger partial charge < -0.3 is 16.2 Å². The Morgan fingerprint density at radius 2 is 2.28 bits per heavy atom. The fourth-order valence-electron chi connectivity index (χ4n) is 1.27. The smallest absolute Gasteiger partial charge is 0.326 e. The van der Waals surface area contributed by atoms with Gasteiger partial charge in [-0.15, -0.1) is 22.7 Å². The number of hydrogen-bond acceptors (Lipinski definition) is 7. The number of carboxylic acids is 1. The number of aromatic nitrogens is 2. The molecule has 96 valence electrons. The molecule has 0 saturated heterocycles. The molecule has 0 saturated carbocycles. The lowest BCUT2D eigenvalue weighted by Crippen LogP contribution is -2.20. The predicted molar refractivity (Wildman–Crippen MR) is 70.9 cm³/mol. The third-order valence-corrected chi connectivity index (χ3v) is 3.95. The monoisotopic (exact) mass is 284 g/mol. The number of anilines is 1. The molecule has 2 aromatic heterocycles. The molecule has 6 nitrogen and oxygen atoms in total. The fraction of sp³-hybridized carbons (Fsp3) is 0.300. The summed E-state index contributed by atoms with van der Waals surface area (Å²) in [5.74, 6) is -1.08. The van der Waals surface area contributed by atoms with E-state index in [2.05, 4.69) is 15.3 Å². The maximum Gasteiger partial charge on any atom is 0.326 e. The zero-order valence-corrected chi connectivity index (χ0v) is 11.2. The summed E-state index contributed by atoms with van der Waals surface area (Å²) in [6.07, 6.45) is 0. The summed E-state index contributed by atoms with van der Waals surface area (Å²) < 4.78 is 0. The Bertz CT molecular complexity index is 552. The molecule has 0 radical (unpaired) electrons. The Hall–Kier alpha value is -1.51. The molecule has 1 unspecified atom stereocenters. The van der Waals surface area contributed by atoms with Gasteiger partial charge in [-0.2, -0.15) is 0 Å². The Labute approximate surface area is 112 Å². The Balaban J connectivity index is 1.96. The minimum Gasteiger partial charge on any atom is -0.480 e. The molecule has 2 aromatic rings. The minimum atomic E-state index is -1.08. The van der Waals surface area contributed by atoms with Crippen LogP contribution in [-0.4, -0.2) is 21.0 Å². The van der Waals surface area contributed by atoms with Crippen molar-refractivity contribution in [2.75, 3.05) is 5.32 Å². The highest BCUT2D eigenvalue weighted by atomic mass is 32.1. The molecule has 0 spiro atoms. The summed E-state index contributed by atoms with van der Waals surface area (Å²) in [5.41, 5.74) is 6.82. The number of aliphatic carboxylic acids is 1. The van der Waals surface area contributed by atoms with E-state index in [0.29, 0.717) is 17.4 Å². The standard InChI is InChI=1S/C10H12N4O2S2/c1-5-3-17-7(13-5)2-12-10-14-6(4-18-10)8(11)9(15)16/h3-4,8H,2,11H2,1H3,(H,12,14)(H,15,16). The fourth-order valence-corrected chi connectivity index (χ4v) is 2.73. The molecule has 2 rings (SSSR count). The molecule has 8 heteroatoms. The van der Waals surface area contributed by atoms with Gasteiger partial charge in [-0.25, -0.2) is 9.97 Å². The zero-order chi connectivity index (χ0) is 13.1. The largest absolute Gasteiger partial charge is 0.480 e. The number of aryl methyl sites for hydroxylation is 1. The van der Waals surface area contributed by atoms with E-state index in [9.17, 15) is 4.79 Å². The van der Waals surface area contributed by atoms with Crippen LogP contribution in [0.4, 0.5) is 5.13 Å². The van der Waals surface area contributed by atoms with Crippen molar-refractivity contribution in [3.63, 3.8) is 0 Å². The predicted octanol–water partition coefficient (Wildman–Crippen LogP) is 1.60. The molecule has 0 fully saturated rings. The normalized spacial score (nSPS) is 12.3. The highest BCUT2D eigenvalue weighted by Gasteiger charge is 2.17. The van der Waals surface area contributed by atoms with Crippen LogP contribution >= 0.6 is 22.7 Å². The van der Waals surface area contributed by atoms with E-state index >= 15 is 0 Å². The number of rotatable bonds is 5. The Morgan fingerprint density at radius 3 is 2.89 bits per heavy atom. The van der Waals surface area contributed by atoms with Crippen LogP contribution in [0, 0.1) is 6.92 Å². The molecular weight excluding hydrogens is 272 g/mol. The molecule has 0 aliphatic carbocycles. The van der Waals surface area contributed by atoms with Crippen molar-refractivity contribution in [1.82, 2.24) is 9.97 Å². The first kappa shape index (κ1) is 12.9. The number of carboxylic acid groups (broad SMARTS) is 1. The summed E-state index contributed by atoms with van der Waals surface area (Å²) >= 11 is 2.90. The lowest BCUT2D eigenvalue weighted by molar-refractivity contribution is -0.138. The van der Waals surface area contributed by atoms with Crippen molar-refractivity contribution in [2.45, 2.75) is 19.5 Å². The third kappa shape index (κ3) is 3.03. The molecule has 2 heterocycles. The van der Waals surface area contributed by atoms with Crippen LogP contribution in [0.2, 0.25) is 0 Å². The van der Waals surface area contributed by atoms with Crippen LogP contribution < -0.4 is 11.1 Å². The van der Waals surface area contributed by atoms with E-state index in [4.69, 9.17) is 10.8 Å². The zero-order valence-electron chi connectivity index (χ0n) is 9.58. The number of nitrogens with two attached hydrogens (primary N) is 1. The summed E-state index contributed by atoms with van der Waals surface area (Å²) in [6.45, 7) is 2.52. The highest BCUT2D eigenvalue weighted by Crippen LogP contribution is 2.20. The van der Waals surface area contributed by atoms with E-state index in [1.165, 1.54) is 11.3 Å². The lowest BCUT2D eigenvalue weighted by Gasteiger charge is -2.01. The van der Waals surface area contributed by atoms with Crippen LogP contribution in [0.1, 0.15) is 22.4 Å². The van der Waals surface area contributed by atoms with Gasteiger partial charge in [0.1, 0.15) is 11.0 Å². The van der Waals surface area contributed by atoms with Crippen LogP contribution in [-0.2, 0) is 11.3 Å². The van der Waals surface area contributed by atoms with Crippen molar-refractivity contribution in [3.05, 3.63) is 27.2 Å². The first-order valence-corrected chi connectivity index (χ1v) is 6.91. The molecule has 0 aliphatic rings. The minimum absolute atomic E-state index is 0.366. The maximum absolute atomic E-state index is 10.7. The van der Waals surface area contributed by atoms with Gasteiger partial charge in [0.25, 0.3) is 0 Å². The highest BCUT2D eigenvalue weighted by molar-refractivity contribution is 7.13. The summed E-state index contributed by atoms with van der Waals surface area (Å²) in [4.78, 5) is 19.1. The van der Waals surface area contributed by atoms with Gasteiger partial charge in [0.05, 0.1) is 12.2 Å². The second kappa shape index (κ2) is 5.42. The van der Waals surface area contributed by atoms with Crippen LogP contribution in [0.25, 0.3) is 0 Å². The lowest BCUT2D eigenvalue weighted by atomic mass is 10.2. The molecule has 1 atom stereocenters. The van der Waals surface area contributed by atoms with E-state index in [-0.39, 0.29) is 0 Å². The molecule has 0 amide bonds. The molecule has 4 N–H and O–H groups in total. The Kier molecular flexibility index (Phi) is 3.90. The first-order valence-electron chi connectivity index (χ1n) is 5.15. The van der Waals surface area contributed by atoms with Crippen molar-refractivity contribution >= 4 is 33.8 Å². The van der Waals surface area contributed by atoms with Gasteiger partial charge >= 0.3 is 5.97 Å². The van der Waals surface area contributed by atoms with Crippen molar-refractivity contribution < 1.29 is 9.90 Å². The Morgan fingerprint density at radius 1 is 1.50 bits per heavy atom. The summed E-state index contributed by atoms with van der Waals surface area (Å²) in [7, 11) is 0. The molecular formula is C10H12N4O2S2. The number of nitrogens with one attached hydrogen (secondary N) is 1. The van der Waals surface area contributed by atoms with E-state index in [0.717, 1.165) is 10.7 Å². The topological polar surface area (TPSA) is 101 Å². The number of carbonyl (C=O) groups is 1. The summed E-state index contributed by atoms with van der Waals surface area (Å²) in [5, 5.41) is 17.1. The summed E-state index contributed by atoms with van der Waals surface area (Å²) in [6, 6.07) is -1.07. The number of thiazole rings is 2. The van der Waals surface area contributed by atoms with Crippen LogP contribution in [0.3, 0.4) is 0 Å². The maximum atomic E-state index is 10.7. The number of hydrogen-bond donors (Lipinski definition) is 3. The molecule has 0 bridgehead atoms. The SMILES string of the molecule is Cc1csc(CNc2nc(C(N)C(=O)O)cs2)n1. The van der Waals surface area contributed by atoms with Crippen molar-refractivity contribution in [2.24, 2.45) is 5.73 Å². The average molecular weight is 284 g/mol. The molecule has 18 heavy (non-hydrogen) atoms. The van der Waals surface area contributed by atoms with Crippen LogP contribution in [0.5, 0.6) is 0 Å². The second-order valence-corrected chi connectivity index (χ2v) is 5.43. The van der Waals surface area contributed by atoms with E-state index in [1.807, 2.05) is 12.3 Å². The van der Waals surface area contributed by atoms with Crippen molar-refractivity contribution in [1.29, 1.82) is 0 Å². The van der Waals surface area contributed by atoms with Gasteiger partial charge in [-0.1, -0.05) is 0 Å². The van der Waals surface area contributed by atoms with Gasteiger partial charge in [-0.05, 0) is 6.92 Å². The van der Waals surface area contributed by atoms with Gasteiger partial charge in [0, 0.05) is 16.5 Å². The quantitative estimate of drug-likeness (QED) is 0.771. The average Bonchev–Trinajstić information content (AvgIpc) is 2.94. The van der Waals surface area contributed by atoms with Crippen molar-refractivity contribution in [3.8, 4) is 0 Å². The van der Waals surface area contributed by atoms with Gasteiger partial charge in [0.15, 0.2) is 5.13 Å². The number of nitrogens with zero attached hydrogens (tertiary/aromatic N) is 2. The third-order valence-electron chi connectivity index (χ3n) is 2.16.